The second kappa shape index (κ2) is 9.31. The van der Waals surface area contributed by atoms with E-state index in [4.69, 9.17) is 11.6 Å². The highest BCUT2D eigenvalue weighted by Crippen LogP contribution is 2.25. The molecule has 0 radical (unpaired) electrons. The van der Waals surface area contributed by atoms with E-state index in [-0.39, 0.29) is 23.2 Å². The monoisotopic (exact) mass is 435 g/mol. The quantitative estimate of drug-likeness (QED) is 0.756. The molecule has 1 atom stereocenters. The number of nitrogens with zero attached hydrogens (tertiary/aromatic N) is 4. The number of nitrogens with one attached hydrogen (secondary N) is 1. The molecule has 162 valence electrons. The number of halogens is 2. The predicted molar refractivity (Wildman–Crippen MR) is 112 cm³/mol. The first-order valence-electron chi connectivity index (χ1n) is 10.6. The Balaban J connectivity index is 1.44. The van der Waals surface area contributed by atoms with E-state index >= 15 is 0 Å². The number of hydrogen-bond acceptors (Lipinski definition) is 4. The van der Waals surface area contributed by atoms with E-state index < -0.39 is 11.7 Å². The molecule has 2 aliphatic heterocycles. The molecular formula is C21H27ClFN5O2. The van der Waals surface area contributed by atoms with Crippen LogP contribution in [0.15, 0.2) is 23.0 Å². The Morgan fingerprint density at radius 2 is 2.00 bits per heavy atom. The van der Waals surface area contributed by atoms with Crippen LogP contribution in [-0.2, 0) is 17.9 Å². The Morgan fingerprint density at radius 3 is 2.77 bits per heavy atom. The third kappa shape index (κ3) is 4.59. The van der Waals surface area contributed by atoms with Gasteiger partial charge in [-0.2, -0.15) is 5.10 Å². The molecule has 1 aromatic carbocycles. The molecule has 3 heterocycles. The summed E-state index contributed by atoms with van der Waals surface area (Å²) in [7, 11) is 0. The maximum atomic E-state index is 13.3. The van der Waals surface area contributed by atoms with Gasteiger partial charge in [-0.15, -0.1) is 0 Å². The Bertz CT molecular complexity index is 967. The van der Waals surface area contributed by atoms with Gasteiger partial charge in [0, 0.05) is 24.7 Å². The zero-order valence-electron chi connectivity index (χ0n) is 16.9. The number of likely N-dealkylation sites (tertiary alicyclic amines) is 1. The summed E-state index contributed by atoms with van der Waals surface area (Å²) in [6.07, 6.45) is 5.15. The number of hydrogen-bond donors (Lipinski definition) is 1. The SMILES string of the molecule is O=C(NCCN1CCCCC1)C1CCCn2c1nn(Cc1ccc(F)cc1Cl)c2=O. The summed E-state index contributed by atoms with van der Waals surface area (Å²) in [4.78, 5) is 28.0. The summed E-state index contributed by atoms with van der Waals surface area (Å²) in [5.74, 6) is -0.441. The lowest BCUT2D eigenvalue weighted by molar-refractivity contribution is -0.123. The fraction of sp³-hybridized carbons (Fsp3) is 0.571. The van der Waals surface area contributed by atoms with Gasteiger partial charge in [-0.05, 0) is 56.5 Å². The second-order valence-electron chi connectivity index (χ2n) is 8.07. The minimum atomic E-state index is -0.433. The van der Waals surface area contributed by atoms with E-state index in [1.165, 1.54) is 36.1 Å². The van der Waals surface area contributed by atoms with Gasteiger partial charge < -0.3 is 10.2 Å². The summed E-state index contributed by atoms with van der Waals surface area (Å²) in [5.41, 5.74) is 0.342. The van der Waals surface area contributed by atoms with E-state index in [9.17, 15) is 14.0 Å². The van der Waals surface area contributed by atoms with E-state index in [0.717, 1.165) is 26.1 Å². The number of aromatic nitrogens is 3. The molecule has 2 aliphatic rings. The molecule has 1 unspecified atom stereocenters. The highest BCUT2D eigenvalue weighted by molar-refractivity contribution is 6.31. The first-order valence-corrected chi connectivity index (χ1v) is 11.0. The molecule has 9 heteroatoms. The highest BCUT2D eigenvalue weighted by Gasteiger charge is 2.31. The molecule has 1 N–H and O–H groups in total. The summed E-state index contributed by atoms with van der Waals surface area (Å²) >= 11 is 6.10. The normalized spacial score (nSPS) is 19.5. The Kier molecular flexibility index (Phi) is 6.53. The van der Waals surface area contributed by atoms with Crippen molar-refractivity contribution in [3.05, 3.63) is 50.9 Å². The fourth-order valence-electron chi connectivity index (χ4n) is 4.31. The summed E-state index contributed by atoms with van der Waals surface area (Å²) in [6.45, 7) is 4.32. The van der Waals surface area contributed by atoms with Gasteiger partial charge in [0.05, 0.1) is 12.5 Å². The molecule has 0 bridgehead atoms. The molecule has 1 aromatic heterocycles. The third-order valence-corrected chi connectivity index (χ3v) is 6.32. The average Bonchev–Trinajstić information content (AvgIpc) is 3.06. The summed E-state index contributed by atoms with van der Waals surface area (Å²) < 4.78 is 16.2. The number of rotatable bonds is 6. The lowest BCUT2D eigenvalue weighted by atomic mass is 9.98. The van der Waals surface area contributed by atoms with Crippen molar-refractivity contribution in [3.8, 4) is 0 Å². The van der Waals surface area contributed by atoms with Crippen LogP contribution in [-0.4, -0.2) is 51.3 Å². The molecule has 2 aromatic rings. The minimum absolute atomic E-state index is 0.0788. The third-order valence-electron chi connectivity index (χ3n) is 5.97. The maximum absolute atomic E-state index is 13.3. The van der Waals surface area contributed by atoms with Crippen molar-refractivity contribution in [2.45, 2.75) is 51.1 Å². The zero-order valence-corrected chi connectivity index (χ0v) is 17.7. The molecule has 1 amide bonds. The van der Waals surface area contributed by atoms with Crippen molar-refractivity contribution in [3.63, 3.8) is 0 Å². The van der Waals surface area contributed by atoms with Crippen LogP contribution in [0.2, 0.25) is 5.02 Å². The highest BCUT2D eigenvalue weighted by atomic mass is 35.5. The van der Waals surface area contributed by atoms with Gasteiger partial charge in [-0.3, -0.25) is 9.36 Å². The van der Waals surface area contributed by atoms with Crippen LogP contribution in [0, 0.1) is 5.82 Å². The van der Waals surface area contributed by atoms with E-state index in [1.54, 1.807) is 10.6 Å². The topological polar surface area (TPSA) is 72.2 Å². The minimum Gasteiger partial charge on any atom is -0.354 e. The van der Waals surface area contributed by atoms with Crippen molar-refractivity contribution < 1.29 is 9.18 Å². The largest absolute Gasteiger partial charge is 0.354 e. The molecule has 0 aliphatic carbocycles. The van der Waals surface area contributed by atoms with Gasteiger partial charge in [0.25, 0.3) is 0 Å². The average molecular weight is 436 g/mol. The fourth-order valence-corrected chi connectivity index (χ4v) is 4.54. The molecule has 7 nitrogen and oxygen atoms in total. The van der Waals surface area contributed by atoms with Gasteiger partial charge >= 0.3 is 5.69 Å². The molecule has 1 saturated heterocycles. The molecule has 4 rings (SSSR count). The Hall–Kier alpha value is -2.19. The number of benzene rings is 1. The van der Waals surface area contributed by atoms with Crippen molar-refractivity contribution in [2.75, 3.05) is 26.2 Å². The number of carbonyl (C=O) groups is 1. The molecule has 0 spiro atoms. The maximum Gasteiger partial charge on any atom is 0.346 e. The van der Waals surface area contributed by atoms with Crippen molar-refractivity contribution >= 4 is 17.5 Å². The lowest BCUT2D eigenvalue weighted by Gasteiger charge is -2.27. The van der Waals surface area contributed by atoms with Gasteiger partial charge in [-0.25, -0.2) is 13.9 Å². The van der Waals surface area contributed by atoms with Gasteiger partial charge in [-0.1, -0.05) is 24.1 Å². The van der Waals surface area contributed by atoms with E-state index in [2.05, 4.69) is 15.3 Å². The van der Waals surface area contributed by atoms with Crippen LogP contribution < -0.4 is 11.0 Å². The van der Waals surface area contributed by atoms with Crippen molar-refractivity contribution in [1.29, 1.82) is 0 Å². The van der Waals surface area contributed by atoms with Crippen LogP contribution in [0.4, 0.5) is 4.39 Å². The van der Waals surface area contributed by atoms with Crippen LogP contribution >= 0.6 is 11.6 Å². The standard InChI is InChI=1S/C21H27ClFN5O2/c22-18-13-16(23)7-6-15(18)14-28-21(30)27-11-4-5-17(19(27)25-28)20(29)24-8-12-26-9-2-1-3-10-26/h6-7,13,17H,1-5,8-12,14H2,(H,24,29). The van der Waals surface area contributed by atoms with Crippen LogP contribution in [0.25, 0.3) is 0 Å². The lowest BCUT2D eigenvalue weighted by Crippen LogP contribution is -2.40. The van der Waals surface area contributed by atoms with Gasteiger partial charge in [0.15, 0.2) is 0 Å². The smallest absolute Gasteiger partial charge is 0.346 e. The van der Waals surface area contributed by atoms with Gasteiger partial charge in [0.2, 0.25) is 5.91 Å². The van der Waals surface area contributed by atoms with Crippen LogP contribution in [0.5, 0.6) is 0 Å². The summed E-state index contributed by atoms with van der Waals surface area (Å²) in [5, 5.41) is 7.73. The molecular weight excluding hydrogens is 409 g/mol. The van der Waals surface area contributed by atoms with E-state index in [0.29, 0.717) is 30.9 Å². The van der Waals surface area contributed by atoms with Crippen molar-refractivity contribution in [2.24, 2.45) is 0 Å². The molecule has 0 saturated carbocycles. The second-order valence-corrected chi connectivity index (χ2v) is 8.48. The number of carbonyl (C=O) groups excluding carboxylic acids is 1. The van der Waals surface area contributed by atoms with Gasteiger partial charge in [0.1, 0.15) is 11.6 Å². The Labute approximate surface area is 179 Å². The predicted octanol–water partition coefficient (Wildman–Crippen LogP) is 2.37. The first kappa shape index (κ1) is 21.1. The molecule has 30 heavy (non-hydrogen) atoms. The first-order chi connectivity index (χ1) is 14.5. The van der Waals surface area contributed by atoms with Crippen LogP contribution in [0.1, 0.15) is 49.4 Å². The number of piperidine rings is 1. The Morgan fingerprint density at radius 1 is 1.20 bits per heavy atom. The zero-order chi connectivity index (χ0) is 21.1. The number of fused-ring (bicyclic) bond motifs is 1. The van der Waals surface area contributed by atoms with Crippen LogP contribution in [0.3, 0.4) is 0 Å². The van der Waals surface area contributed by atoms with Crippen molar-refractivity contribution in [1.82, 2.24) is 24.6 Å². The molecule has 1 fully saturated rings. The van der Waals surface area contributed by atoms with E-state index in [1.807, 2.05) is 0 Å². The number of amides is 1. The summed E-state index contributed by atoms with van der Waals surface area (Å²) in [6, 6.07) is 4.07.